The zero-order valence-electron chi connectivity index (χ0n) is 6.64. The Hall–Kier alpha value is -0.840. The van der Waals surface area contributed by atoms with E-state index < -0.39 is 12.2 Å². The monoisotopic (exact) mass is 207 g/mol. The summed E-state index contributed by atoms with van der Waals surface area (Å²) in [5.41, 5.74) is 5.24. The van der Waals surface area contributed by atoms with Gasteiger partial charge in [-0.3, -0.25) is 0 Å². The molecular formula is C8H8F3NS. The summed E-state index contributed by atoms with van der Waals surface area (Å²) >= 11 is 0.906. The summed E-state index contributed by atoms with van der Waals surface area (Å²) in [4.78, 5) is 0.465. The Bertz CT molecular complexity index is 291. The van der Waals surface area contributed by atoms with Gasteiger partial charge < -0.3 is 5.73 Å². The first-order valence-electron chi connectivity index (χ1n) is 3.55. The van der Waals surface area contributed by atoms with Crippen LogP contribution in [0, 0.1) is 5.82 Å². The molecule has 1 aromatic rings. The summed E-state index contributed by atoms with van der Waals surface area (Å²) in [6.45, 7) is 0. The van der Waals surface area contributed by atoms with Crippen LogP contribution in [0.15, 0.2) is 23.1 Å². The molecule has 5 heteroatoms. The fraction of sp³-hybridized carbons (Fsp3) is 0.250. The third-order valence-corrected chi connectivity index (χ3v) is 2.35. The Kier molecular flexibility index (Phi) is 3.48. The highest BCUT2D eigenvalue weighted by atomic mass is 32.2. The highest BCUT2D eigenvalue weighted by Gasteiger charge is 2.05. The average molecular weight is 207 g/mol. The maximum Gasteiger partial charge on any atom is 0.247 e. The number of benzene rings is 1. The van der Waals surface area contributed by atoms with Crippen LogP contribution >= 0.6 is 11.8 Å². The lowest BCUT2D eigenvalue weighted by Crippen LogP contribution is -1.94. The van der Waals surface area contributed by atoms with Gasteiger partial charge in [0.1, 0.15) is 5.82 Å². The fourth-order valence-corrected chi connectivity index (χ4v) is 1.43. The smallest absolute Gasteiger partial charge is 0.247 e. The number of hydrogen-bond acceptors (Lipinski definition) is 2. The van der Waals surface area contributed by atoms with Crippen molar-refractivity contribution in [3.8, 4) is 0 Å². The maximum atomic E-state index is 12.8. The van der Waals surface area contributed by atoms with E-state index in [0.29, 0.717) is 4.90 Å². The standard InChI is InChI=1S/C8H8F3NS/c9-6-3-5(1-2-7(6)12)13-4-8(10)11/h1-3,8H,4,12H2. The molecule has 0 aliphatic heterocycles. The molecule has 0 heterocycles. The molecular weight excluding hydrogens is 199 g/mol. The molecule has 72 valence electrons. The summed E-state index contributed by atoms with van der Waals surface area (Å²) in [6, 6.07) is 4.04. The number of nitrogens with two attached hydrogens (primary N) is 1. The van der Waals surface area contributed by atoms with Crippen molar-refractivity contribution in [2.24, 2.45) is 0 Å². The largest absolute Gasteiger partial charge is 0.396 e. The summed E-state index contributed by atoms with van der Waals surface area (Å²) in [5, 5.41) is 0. The highest BCUT2D eigenvalue weighted by Crippen LogP contribution is 2.23. The van der Waals surface area contributed by atoms with Crippen LogP contribution in [-0.2, 0) is 0 Å². The molecule has 1 nitrogen and oxygen atoms in total. The second-order valence-corrected chi connectivity index (χ2v) is 3.48. The van der Waals surface area contributed by atoms with Crippen LogP contribution in [-0.4, -0.2) is 12.2 Å². The van der Waals surface area contributed by atoms with Gasteiger partial charge in [0, 0.05) is 4.90 Å². The molecule has 0 spiro atoms. The summed E-state index contributed by atoms with van der Waals surface area (Å²) in [6.07, 6.45) is -2.38. The molecule has 0 unspecified atom stereocenters. The summed E-state index contributed by atoms with van der Waals surface area (Å²) in [7, 11) is 0. The Labute approximate surface area is 78.1 Å². The van der Waals surface area contributed by atoms with Crippen molar-refractivity contribution in [1.29, 1.82) is 0 Å². The van der Waals surface area contributed by atoms with Crippen molar-refractivity contribution in [3.63, 3.8) is 0 Å². The van der Waals surface area contributed by atoms with E-state index in [1.54, 1.807) is 0 Å². The molecule has 0 amide bonds. The molecule has 1 rings (SSSR count). The van der Waals surface area contributed by atoms with Gasteiger partial charge in [-0.05, 0) is 18.2 Å². The van der Waals surface area contributed by atoms with Crippen LogP contribution in [0.5, 0.6) is 0 Å². The van der Waals surface area contributed by atoms with E-state index in [1.165, 1.54) is 12.1 Å². The fourth-order valence-electron chi connectivity index (χ4n) is 0.757. The Morgan fingerprint density at radius 3 is 2.62 bits per heavy atom. The molecule has 0 aliphatic rings. The molecule has 13 heavy (non-hydrogen) atoms. The van der Waals surface area contributed by atoms with Gasteiger partial charge in [-0.25, -0.2) is 13.2 Å². The molecule has 0 saturated carbocycles. The Balaban J connectivity index is 2.63. The lowest BCUT2D eigenvalue weighted by Gasteiger charge is -2.02. The number of halogens is 3. The lowest BCUT2D eigenvalue weighted by atomic mass is 10.3. The van der Waals surface area contributed by atoms with Crippen molar-refractivity contribution in [2.75, 3.05) is 11.5 Å². The summed E-state index contributed by atoms with van der Waals surface area (Å²) in [5.74, 6) is -0.900. The van der Waals surface area contributed by atoms with Gasteiger partial charge in [0.2, 0.25) is 6.43 Å². The molecule has 0 saturated heterocycles. The quantitative estimate of drug-likeness (QED) is 0.609. The van der Waals surface area contributed by atoms with E-state index in [0.717, 1.165) is 17.8 Å². The van der Waals surface area contributed by atoms with E-state index in [2.05, 4.69) is 0 Å². The van der Waals surface area contributed by atoms with Crippen LogP contribution in [0.1, 0.15) is 0 Å². The molecule has 0 aromatic heterocycles. The van der Waals surface area contributed by atoms with Crippen LogP contribution in [0.3, 0.4) is 0 Å². The SMILES string of the molecule is Nc1ccc(SCC(F)F)cc1F. The minimum atomic E-state index is -2.38. The van der Waals surface area contributed by atoms with E-state index in [-0.39, 0.29) is 11.4 Å². The first-order chi connectivity index (χ1) is 6.09. The van der Waals surface area contributed by atoms with Crippen molar-refractivity contribution in [2.45, 2.75) is 11.3 Å². The number of anilines is 1. The minimum absolute atomic E-state index is 0.0291. The topological polar surface area (TPSA) is 26.0 Å². The van der Waals surface area contributed by atoms with Crippen molar-refractivity contribution in [1.82, 2.24) is 0 Å². The average Bonchev–Trinajstić information content (AvgIpc) is 2.07. The zero-order chi connectivity index (χ0) is 9.84. The van der Waals surface area contributed by atoms with Gasteiger partial charge in [-0.2, -0.15) is 0 Å². The van der Waals surface area contributed by atoms with Gasteiger partial charge in [0.05, 0.1) is 11.4 Å². The van der Waals surface area contributed by atoms with Gasteiger partial charge in [0.25, 0.3) is 0 Å². The van der Waals surface area contributed by atoms with E-state index in [1.807, 2.05) is 0 Å². The first-order valence-corrected chi connectivity index (χ1v) is 4.54. The number of thioether (sulfide) groups is 1. The Morgan fingerprint density at radius 2 is 2.08 bits per heavy atom. The van der Waals surface area contributed by atoms with Crippen molar-refractivity contribution >= 4 is 17.4 Å². The highest BCUT2D eigenvalue weighted by molar-refractivity contribution is 7.99. The number of nitrogen functional groups attached to an aromatic ring is 1. The predicted molar refractivity (Wildman–Crippen MR) is 47.5 cm³/mol. The lowest BCUT2D eigenvalue weighted by molar-refractivity contribution is 0.177. The van der Waals surface area contributed by atoms with Crippen LogP contribution in [0.4, 0.5) is 18.9 Å². The maximum absolute atomic E-state index is 12.8. The van der Waals surface area contributed by atoms with Crippen LogP contribution in [0.2, 0.25) is 0 Å². The van der Waals surface area contributed by atoms with E-state index in [4.69, 9.17) is 5.73 Å². The third-order valence-electron chi connectivity index (χ3n) is 1.35. The molecule has 0 aliphatic carbocycles. The van der Waals surface area contributed by atoms with Crippen molar-refractivity contribution < 1.29 is 13.2 Å². The van der Waals surface area contributed by atoms with Gasteiger partial charge in [0.15, 0.2) is 0 Å². The van der Waals surface area contributed by atoms with Gasteiger partial charge >= 0.3 is 0 Å². The Morgan fingerprint density at radius 1 is 1.38 bits per heavy atom. The molecule has 0 radical (unpaired) electrons. The molecule has 0 fully saturated rings. The van der Waals surface area contributed by atoms with Crippen LogP contribution in [0.25, 0.3) is 0 Å². The van der Waals surface area contributed by atoms with Gasteiger partial charge in [-0.15, -0.1) is 11.8 Å². The number of hydrogen-bond donors (Lipinski definition) is 1. The number of alkyl halides is 2. The normalized spacial score (nSPS) is 10.8. The van der Waals surface area contributed by atoms with Gasteiger partial charge in [-0.1, -0.05) is 0 Å². The molecule has 1 aromatic carbocycles. The van der Waals surface area contributed by atoms with Crippen molar-refractivity contribution in [3.05, 3.63) is 24.0 Å². The van der Waals surface area contributed by atoms with E-state index in [9.17, 15) is 13.2 Å². The zero-order valence-corrected chi connectivity index (χ0v) is 7.45. The first kappa shape index (κ1) is 10.2. The summed E-state index contributed by atoms with van der Waals surface area (Å²) < 4.78 is 36.3. The second-order valence-electron chi connectivity index (χ2n) is 2.39. The minimum Gasteiger partial charge on any atom is -0.396 e. The number of rotatable bonds is 3. The molecule has 0 atom stereocenters. The third kappa shape index (κ3) is 3.18. The second kappa shape index (κ2) is 4.41. The van der Waals surface area contributed by atoms with E-state index >= 15 is 0 Å². The van der Waals surface area contributed by atoms with Crippen LogP contribution < -0.4 is 5.73 Å². The molecule has 0 bridgehead atoms. The predicted octanol–water partition coefficient (Wildman–Crippen LogP) is 2.77. The molecule has 2 N–H and O–H groups in total.